The zero-order valence-corrected chi connectivity index (χ0v) is 23.7. The number of hydrogen-bond donors (Lipinski definition) is 3. The smallest absolute Gasteiger partial charge is 0.323 e. The normalized spacial score (nSPS) is 12.9. The van der Waals surface area contributed by atoms with Gasteiger partial charge in [0.2, 0.25) is 5.91 Å². The lowest BCUT2D eigenvalue weighted by atomic mass is 9.89. The average Bonchev–Trinajstić information content (AvgIpc) is 3.64. The Morgan fingerprint density at radius 3 is 2.54 bits per heavy atom. The third kappa shape index (κ3) is 6.41. The Kier molecular flexibility index (Phi) is 8.35. The van der Waals surface area contributed by atoms with E-state index in [0.29, 0.717) is 30.1 Å². The standard InChI is InChI=1S/C32H31N3O5S/c1-20-5-3-4-6-26(20)33-32(39)34-27-9-7-21(15-29(27)40-2)16-30(36)35-13-11-23-17-22(8-10-28(23)35)25(18-31(37)38)24-12-14-41-19-24/h3-10,12,14-15,17,19,25H,11,13,16,18H2,1-2H3,(H,37,38)(H2,33,34,39). The van der Waals surface area contributed by atoms with Gasteiger partial charge in [0.1, 0.15) is 5.75 Å². The molecule has 1 aliphatic rings. The number of carboxylic acids is 1. The molecular formula is C32H31N3O5S. The lowest BCUT2D eigenvalue weighted by Crippen LogP contribution is -2.30. The predicted molar refractivity (Wildman–Crippen MR) is 161 cm³/mol. The van der Waals surface area contributed by atoms with E-state index in [1.807, 2.05) is 66.2 Å². The molecule has 1 aromatic heterocycles. The summed E-state index contributed by atoms with van der Waals surface area (Å²) in [6.45, 7) is 2.48. The van der Waals surface area contributed by atoms with Crippen LogP contribution in [-0.2, 0) is 22.4 Å². The van der Waals surface area contributed by atoms with Crippen LogP contribution in [0.1, 0.15) is 40.2 Å². The van der Waals surface area contributed by atoms with E-state index < -0.39 is 5.97 Å². The first-order valence-corrected chi connectivity index (χ1v) is 14.2. The van der Waals surface area contributed by atoms with Crippen molar-refractivity contribution in [3.63, 3.8) is 0 Å². The molecule has 210 valence electrons. The maximum Gasteiger partial charge on any atom is 0.323 e. The molecule has 1 aliphatic heterocycles. The summed E-state index contributed by atoms with van der Waals surface area (Å²) < 4.78 is 5.51. The van der Waals surface area contributed by atoms with Gasteiger partial charge in [-0.3, -0.25) is 9.59 Å². The number of amides is 3. The van der Waals surface area contributed by atoms with E-state index in [0.717, 1.165) is 33.5 Å². The summed E-state index contributed by atoms with van der Waals surface area (Å²) >= 11 is 1.55. The zero-order chi connectivity index (χ0) is 28.9. The number of carbonyl (C=O) groups is 3. The quantitative estimate of drug-likeness (QED) is 0.215. The van der Waals surface area contributed by atoms with Gasteiger partial charge in [-0.1, -0.05) is 36.4 Å². The van der Waals surface area contributed by atoms with Crippen LogP contribution in [0.3, 0.4) is 0 Å². The van der Waals surface area contributed by atoms with Gasteiger partial charge in [-0.25, -0.2) is 4.79 Å². The van der Waals surface area contributed by atoms with Crippen molar-refractivity contribution in [3.05, 3.63) is 105 Å². The number of hydrogen-bond acceptors (Lipinski definition) is 5. The number of nitrogens with one attached hydrogen (secondary N) is 2. The van der Waals surface area contributed by atoms with Gasteiger partial charge in [-0.15, -0.1) is 0 Å². The van der Waals surface area contributed by atoms with Crippen LogP contribution >= 0.6 is 11.3 Å². The molecule has 5 rings (SSSR count). The van der Waals surface area contributed by atoms with Crippen molar-refractivity contribution in [1.82, 2.24) is 0 Å². The summed E-state index contributed by atoms with van der Waals surface area (Å²) in [6.07, 6.45) is 0.892. The summed E-state index contributed by atoms with van der Waals surface area (Å²) in [6, 6.07) is 20.3. The SMILES string of the molecule is COc1cc(CC(=O)N2CCc3cc(C(CC(=O)O)c4ccsc4)ccc32)ccc1NC(=O)Nc1ccccc1C. The lowest BCUT2D eigenvalue weighted by Gasteiger charge is -2.20. The lowest BCUT2D eigenvalue weighted by molar-refractivity contribution is -0.137. The maximum atomic E-state index is 13.4. The Morgan fingerprint density at radius 1 is 1.00 bits per heavy atom. The molecule has 0 saturated carbocycles. The fraction of sp³-hybridized carbons (Fsp3) is 0.219. The van der Waals surface area contributed by atoms with Crippen molar-refractivity contribution in [2.24, 2.45) is 0 Å². The number of carboxylic acid groups (broad SMARTS) is 1. The van der Waals surface area contributed by atoms with E-state index in [4.69, 9.17) is 4.74 Å². The number of carbonyl (C=O) groups excluding carboxylic acids is 2. The Hall–Kier alpha value is -4.63. The van der Waals surface area contributed by atoms with Crippen LogP contribution < -0.4 is 20.3 Å². The minimum Gasteiger partial charge on any atom is -0.495 e. The third-order valence-corrected chi connectivity index (χ3v) is 7.99. The Bertz CT molecular complexity index is 1580. The van der Waals surface area contributed by atoms with Crippen molar-refractivity contribution in [2.45, 2.75) is 32.1 Å². The molecule has 0 bridgehead atoms. The minimum atomic E-state index is -0.845. The predicted octanol–water partition coefficient (Wildman–Crippen LogP) is 6.45. The minimum absolute atomic E-state index is 0.0123. The summed E-state index contributed by atoms with van der Waals surface area (Å²) in [5.41, 5.74) is 6.76. The summed E-state index contributed by atoms with van der Waals surface area (Å²) in [5.74, 6) is -0.662. The van der Waals surface area contributed by atoms with Gasteiger partial charge in [0.05, 0.1) is 25.6 Å². The van der Waals surface area contributed by atoms with Crippen LogP contribution in [-0.4, -0.2) is 36.7 Å². The molecule has 0 fully saturated rings. The van der Waals surface area contributed by atoms with E-state index in [2.05, 4.69) is 10.6 Å². The molecule has 1 unspecified atom stereocenters. The topological polar surface area (TPSA) is 108 Å². The van der Waals surface area contributed by atoms with E-state index in [-0.39, 0.29) is 30.7 Å². The van der Waals surface area contributed by atoms with E-state index in [9.17, 15) is 19.5 Å². The fourth-order valence-corrected chi connectivity index (χ4v) is 5.90. The fourth-order valence-electron chi connectivity index (χ4n) is 5.18. The summed E-state index contributed by atoms with van der Waals surface area (Å²) in [5, 5.41) is 19.1. The largest absolute Gasteiger partial charge is 0.495 e. The van der Waals surface area contributed by atoms with Crippen LogP contribution in [0, 0.1) is 6.92 Å². The Morgan fingerprint density at radius 2 is 1.80 bits per heavy atom. The number of aliphatic carboxylic acids is 1. The number of ether oxygens (including phenoxy) is 1. The third-order valence-electron chi connectivity index (χ3n) is 7.29. The number of benzene rings is 3. The highest BCUT2D eigenvalue weighted by Gasteiger charge is 2.27. The maximum absolute atomic E-state index is 13.4. The zero-order valence-electron chi connectivity index (χ0n) is 22.8. The number of fused-ring (bicyclic) bond motifs is 1. The number of nitrogens with zero attached hydrogens (tertiary/aromatic N) is 1. The van der Waals surface area contributed by atoms with E-state index in [1.165, 1.54) is 7.11 Å². The van der Waals surface area contributed by atoms with E-state index in [1.54, 1.807) is 34.4 Å². The molecule has 41 heavy (non-hydrogen) atoms. The van der Waals surface area contributed by atoms with Crippen LogP contribution in [0.15, 0.2) is 77.5 Å². The molecule has 3 amide bonds. The molecule has 4 aromatic rings. The van der Waals surface area contributed by atoms with E-state index >= 15 is 0 Å². The Balaban J connectivity index is 1.27. The average molecular weight is 570 g/mol. The molecule has 1 atom stereocenters. The number of anilines is 3. The van der Waals surface area contributed by atoms with Gasteiger partial charge in [0, 0.05) is 23.8 Å². The van der Waals surface area contributed by atoms with Gasteiger partial charge in [0.15, 0.2) is 0 Å². The number of para-hydroxylation sites is 1. The molecule has 0 radical (unpaired) electrons. The first-order chi connectivity index (χ1) is 19.8. The number of thiophene rings is 1. The number of methoxy groups -OCH3 is 1. The first kappa shape index (κ1) is 27.9. The number of aryl methyl sites for hydroxylation is 1. The van der Waals surface area contributed by atoms with Crippen molar-refractivity contribution in [2.75, 3.05) is 29.2 Å². The second-order valence-electron chi connectivity index (χ2n) is 10.00. The van der Waals surface area contributed by atoms with Crippen molar-refractivity contribution >= 4 is 46.3 Å². The molecule has 0 spiro atoms. The summed E-state index contributed by atoms with van der Waals surface area (Å²) in [7, 11) is 1.52. The molecule has 0 aliphatic carbocycles. The van der Waals surface area contributed by atoms with Crippen molar-refractivity contribution in [1.29, 1.82) is 0 Å². The first-order valence-electron chi connectivity index (χ1n) is 13.3. The molecule has 8 nitrogen and oxygen atoms in total. The highest BCUT2D eigenvalue weighted by molar-refractivity contribution is 7.08. The van der Waals surface area contributed by atoms with Crippen molar-refractivity contribution in [3.8, 4) is 5.75 Å². The molecular weight excluding hydrogens is 538 g/mol. The van der Waals surface area contributed by atoms with Crippen LogP contribution in [0.5, 0.6) is 5.75 Å². The van der Waals surface area contributed by atoms with Gasteiger partial charge < -0.3 is 25.4 Å². The number of rotatable bonds is 9. The van der Waals surface area contributed by atoms with Crippen molar-refractivity contribution < 1.29 is 24.2 Å². The van der Waals surface area contributed by atoms with Gasteiger partial charge in [0.25, 0.3) is 0 Å². The van der Waals surface area contributed by atoms with Gasteiger partial charge in [-0.2, -0.15) is 11.3 Å². The second-order valence-corrected chi connectivity index (χ2v) is 10.8. The van der Waals surface area contributed by atoms with Crippen LogP contribution in [0.4, 0.5) is 21.9 Å². The highest BCUT2D eigenvalue weighted by atomic mass is 32.1. The highest BCUT2D eigenvalue weighted by Crippen LogP contribution is 2.36. The molecule has 3 N–H and O–H groups in total. The molecule has 2 heterocycles. The molecule has 9 heteroatoms. The van der Waals surface area contributed by atoms with Crippen LogP contribution in [0.25, 0.3) is 0 Å². The Labute approximate surface area is 242 Å². The van der Waals surface area contributed by atoms with Gasteiger partial charge >= 0.3 is 12.0 Å². The summed E-state index contributed by atoms with van der Waals surface area (Å²) in [4.78, 5) is 39.3. The molecule has 0 saturated heterocycles. The monoisotopic (exact) mass is 569 g/mol. The number of urea groups is 1. The second kappa shape index (κ2) is 12.3. The van der Waals surface area contributed by atoms with Crippen LogP contribution in [0.2, 0.25) is 0 Å². The molecule has 3 aromatic carbocycles. The van der Waals surface area contributed by atoms with Gasteiger partial charge in [-0.05, 0) is 82.3 Å².